The van der Waals surface area contributed by atoms with Gasteiger partial charge in [-0.15, -0.1) is 0 Å². The molecule has 0 atom stereocenters. The van der Waals surface area contributed by atoms with E-state index in [-0.39, 0.29) is 88.8 Å². The zero-order valence-corrected chi connectivity index (χ0v) is 22.9. The second kappa shape index (κ2) is 18.3. The van der Waals surface area contributed by atoms with Gasteiger partial charge in [0.1, 0.15) is 5.54 Å². The summed E-state index contributed by atoms with van der Waals surface area (Å²) < 4.78 is 17.3. The van der Waals surface area contributed by atoms with Gasteiger partial charge < -0.3 is 35.5 Å². The van der Waals surface area contributed by atoms with Gasteiger partial charge in [0.05, 0.1) is 39.6 Å². The summed E-state index contributed by atoms with van der Waals surface area (Å²) >= 11 is 0. The monoisotopic (exact) mass is 524 g/mol. The molecule has 37 heavy (non-hydrogen) atoms. The predicted molar refractivity (Wildman–Crippen MR) is 142 cm³/mol. The van der Waals surface area contributed by atoms with Crippen LogP contribution in [0.1, 0.15) is 34.6 Å². The minimum atomic E-state index is -1.06. The minimum Gasteiger partial charge on any atom is -0.377 e. The van der Waals surface area contributed by atoms with Crippen molar-refractivity contribution in [1.29, 1.82) is 0 Å². The Morgan fingerprint density at radius 1 is 0.649 bits per heavy atom. The van der Waals surface area contributed by atoms with Crippen LogP contribution in [0.3, 0.4) is 0 Å². The molecule has 0 saturated carbocycles. The number of carbonyl (C=O) groups is 4. The average molecular weight is 525 g/mol. The molecular weight excluding hydrogens is 480 g/mol. The molecule has 4 N–H and O–H groups in total. The third kappa shape index (κ3) is 15.6. The molecule has 0 fully saturated rings. The molecule has 0 bridgehead atoms. The molecule has 210 valence electrons. The maximum atomic E-state index is 12.6. The first-order valence-electron chi connectivity index (χ1n) is 12.2. The van der Waals surface area contributed by atoms with E-state index >= 15 is 0 Å². The predicted octanol–water partition coefficient (Wildman–Crippen LogP) is 0.624. The molecule has 11 heteroatoms. The van der Waals surface area contributed by atoms with Crippen LogP contribution in [0.5, 0.6) is 0 Å². The number of amides is 4. The number of hydrogen-bond acceptors (Lipinski definition) is 7. The van der Waals surface area contributed by atoms with E-state index in [1.807, 2.05) is 0 Å². The molecule has 0 saturated heterocycles. The van der Waals surface area contributed by atoms with Crippen LogP contribution in [-0.4, -0.2) is 88.4 Å². The van der Waals surface area contributed by atoms with E-state index in [0.29, 0.717) is 16.7 Å². The Morgan fingerprint density at radius 2 is 0.946 bits per heavy atom. The second-order valence-corrected chi connectivity index (χ2v) is 9.19. The first-order valence-corrected chi connectivity index (χ1v) is 12.2. The summed E-state index contributed by atoms with van der Waals surface area (Å²) in [5.41, 5.74) is 0.102. The van der Waals surface area contributed by atoms with Crippen molar-refractivity contribution in [3.8, 4) is 0 Å². The van der Waals surface area contributed by atoms with Crippen LogP contribution in [-0.2, 0) is 33.4 Å². The molecule has 0 aliphatic heterocycles. The topological polar surface area (TPSA) is 144 Å². The van der Waals surface area contributed by atoms with Gasteiger partial charge in [0.2, 0.25) is 23.6 Å². The zero-order valence-electron chi connectivity index (χ0n) is 22.9. The van der Waals surface area contributed by atoms with Gasteiger partial charge >= 0.3 is 0 Å². The fourth-order valence-corrected chi connectivity index (χ4v) is 2.60. The number of hydrogen-bond donors (Lipinski definition) is 4. The molecule has 11 nitrogen and oxygen atoms in total. The number of rotatable bonds is 20. The number of carbonyl (C=O) groups excluding carboxylic acids is 4. The van der Waals surface area contributed by atoms with Crippen LogP contribution in [0.25, 0.3) is 0 Å². The standard InChI is InChI=1S/C26H44N4O7/c1-18(2)22(31)27-9-12-35-15-26(30-25(34)21(7)8,16-36-13-10-28-23(32)19(3)4)17-37-14-11-29-24(33)20(5)6/h21H,1,3,5,9-17H2,2,4,6-8H3,(H,27,31)(H,28,32)(H,29,33)(H,30,34). The summed E-state index contributed by atoms with van der Waals surface area (Å²) in [4.78, 5) is 47.7. The molecule has 0 aromatic carbocycles. The fraction of sp³-hybridized carbons (Fsp3) is 0.615. The Hall–Kier alpha value is -3.02. The molecule has 0 aliphatic rings. The first-order chi connectivity index (χ1) is 17.3. The highest BCUT2D eigenvalue weighted by molar-refractivity contribution is 5.92. The van der Waals surface area contributed by atoms with Gasteiger partial charge in [-0.25, -0.2) is 0 Å². The summed E-state index contributed by atoms with van der Waals surface area (Å²) in [7, 11) is 0. The minimum absolute atomic E-state index is 0.0324. The van der Waals surface area contributed by atoms with E-state index in [1.54, 1.807) is 34.6 Å². The smallest absolute Gasteiger partial charge is 0.246 e. The summed E-state index contributed by atoms with van der Waals surface area (Å²) in [5.74, 6) is -1.36. The van der Waals surface area contributed by atoms with E-state index in [1.165, 1.54) is 0 Å². The van der Waals surface area contributed by atoms with E-state index in [0.717, 1.165) is 0 Å². The van der Waals surface area contributed by atoms with E-state index in [9.17, 15) is 19.2 Å². The van der Waals surface area contributed by atoms with Gasteiger partial charge in [0.25, 0.3) is 0 Å². The largest absolute Gasteiger partial charge is 0.377 e. The van der Waals surface area contributed by atoms with Gasteiger partial charge in [-0.05, 0) is 20.8 Å². The van der Waals surface area contributed by atoms with Crippen molar-refractivity contribution in [1.82, 2.24) is 21.3 Å². The summed E-state index contributed by atoms with van der Waals surface area (Å²) in [6.07, 6.45) is 0. The number of ether oxygens (including phenoxy) is 3. The van der Waals surface area contributed by atoms with Gasteiger partial charge in [-0.2, -0.15) is 0 Å². The lowest BCUT2D eigenvalue weighted by Gasteiger charge is -2.35. The maximum absolute atomic E-state index is 12.6. The highest BCUT2D eigenvalue weighted by Gasteiger charge is 2.34. The highest BCUT2D eigenvalue weighted by atomic mass is 16.5. The molecule has 0 aliphatic carbocycles. The van der Waals surface area contributed by atoms with Crippen LogP contribution in [0.4, 0.5) is 0 Å². The zero-order chi connectivity index (χ0) is 28.4. The van der Waals surface area contributed by atoms with Gasteiger partial charge in [0, 0.05) is 42.3 Å². The Bertz CT molecular complexity index is 735. The third-order valence-electron chi connectivity index (χ3n) is 4.81. The molecule has 0 aromatic rings. The van der Waals surface area contributed by atoms with Gasteiger partial charge in [0.15, 0.2) is 0 Å². The Kier molecular flexibility index (Phi) is 16.8. The summed E-state index contributed by atoms with van der Waals surface area (Å²) in [5, 5.41) is 11.0. The van der Waals surface area contributed by atoms with E-state index in [2.05, 4.69) is 41.0 Å². The van der Waals surface area contributed by atoms with Crippen molar-refractivity contribution in [3.63, 3.8) is 0 Å². The summed E-state index contributed by atoms with van der Waals surface area (Å²) in [6.45, 7) is 20.5. The van der Waals surface area contributed by atoms with Crippen molar-refractivity contribution in [2.24, 2.45) is 5.92 Å². The van der Waals surface area contributed by atoms with Gasteiger partial charge in [-0.1, -0.05) is 33.6 Å². The Morgan fingerprint density at radius 3 is 1.19 bits per heavy atom. The van der Waals surface area contributed by atoms with Crippen molar-refractivity contribution in [2.75, 3.05) is 59.3 Å². The van der Waals surface area contributed by atoms with Crippen molar-refractivity contribution in [3.05, 3.63) is 36.5 Å². The van der Waals surface area contributed by atoms with Crippen LogP contribution >= 0.6 is 0 Å². The van der Waals surface area contributed by atoms with Crippen LogP contribution in [0.2, 0.25) is 0 Å². The van der Waals surface area contributed by atoms with Crippen LogP contribution < -0.4 is 21.3 Å². The lowest BCUT2D eigenvalue weighted by atomic mass is 10.0. The third-order valence-corrected chi connectivity index (χ3v) is 4.81. The first kappa shape index (κ1) is 34.0. The van der Waals surface area contributed by atoms with Gasteiger partial charge in [-0.3, -0.25) is 19.2 Å². The molecule has 0 unspecified atom stereocenters. The Labute approximate surface area is 220 Å². The Balaban J connectivity index is 5.23. The summed E-state index contributed by atoms with van der Waals surface area (Å²) in [6, 6.07) is 0. The van der Waals surface area contributed by atoms with Crippen molar-refractivity contribution in [2.45, 2.75) is 40.2 Å². The number of nitrogens with one attached hydrogen (secondary N) is 4. The van der Waals surface area contributed by atoms with Crippen molar-refractivity contribution < 1.29 is 33.4 Å². The molecule has 0 radical (unpaired) electrons. The molecule has 0 heterocycles. The molecular formula is C26H44N4O7. The van der Waals surface area contributed by atoms with Crippen LogP contribution in [0, 0.1) is 5.92 Å². The normalized spacial score (nSPS) is 11.0. The molecule has 0 aromatic heterocycles. The van der Waals surface area contributed by atoms with Crippen molar-refractivity contribution >= 4 is 23.6 Å². The lowest BCUT2D eigenvalue weighted by molar-refractivity contribution is -0.130. The molecule has 0 rings (SSSR count). The fourth-order valence-electron chi connectivity index (χ4n) is 2.60. The average Bonchev–Trinajstić information content (AvgIpc) is 2.82. The van der Waals surface area contributed by atoms with E-state index in [4.69, 9.17) is 14.2 Å². The van der Waals surface area contributed by atoms with E-state index < -0.39 is 5.54 Å². The molecule has 4 amide bonds. The van der Waals surface area contributed by atoms with Crippen LogP contribution in [0.15, 0.2) is 36.5 Å². The molecule has 0 spiro atoms. The quantitative estimate of drug-likeness (QED) is 0.135. The maximum Gasteiger partial charge on any atom is 0.246 e. The second-order valence-electron chi connectivity index (χ2n) is 9.19. The SMILES string of the molecule is C=C(C)C(=O)NCCOCC(COCCNC(=O)C(=C)C)(COCCNC(=O)C(=C)C)NC(=O)C(C)C. The lowest BCUT2D eigenvalue weighted by Crippen LogP contribution is -2.59. The highest BCUT2D eigenvalue weighted by Crippen LogP contribution is 2.11.